The van der Waals surface area contributed by atoms with E-state index in [-0.39, 0.29) is 11.8 Å². The molecule has 1 aliphatic rings. The van der Waals surface area contributed by atoms with Gasteiger partial charge in [-0.15, -0.1) is 0 Å². The predicted molar refractivity (Wildman–Crippen MR) is 104 cm³/mol. The van der Waals surface area contributed by atoms with Crippen molar-refractivity contribution in [2.24, 2.45) is 0 Å². The number of methoxy groups -OCH3 is 2. The molecule has 150 valence electrons. The van der Waals surface area contributed by atoms with Gasteiger partial charge in [0.2, 0.25) is 5.91 Å². The highest BCUT2D eigenvalue weighted by Crippen LogP contribution is 2.29. The zero-order valence-electron chi connectivity index (χ0n) is 16.1. The Balaban J connectivity index is 1.43. The highest BCUT2D eigenvalue weighted by Gasteiger charge is 2.23. The summed E-state index contributed by atoms with van der Waals surface area (Å²) >= 11 is 0. The Hall–Kier alpha value is -3.00. The van der Waals surface area contributed by atoms with Crippen molar-refractivity contribution in [1.82, 2.24) is 9.80 Å². The van der Waals surface area contributed by atoms with Crippen molar-refractivity contribution in [2.75, 3.05) is 52.3 Å². The maximum absolute atomic E-state index is 12.3. The van der Waals surface area contributed by atoms with Crippen LogP contribution < -0.4 is 14.8 Å². The number of nitrogens with zero attached hydrogens (tertiary/aromatic N) is 2. The first kappa shape index (κ1) is 19.8. The van der Waals surface area contributed by atoms with Gasteiger partial charge in [0.25, 0.3) is 5.91 Å². The summed E-state index contributed by atoms with van der Waals surface area (Å²) in [7, 11) is 3.12. The van der Waals surface area contributed by atoms with Crippen LogP contribution in [0.1, 0.15) is 17.0 Å². The second-order valence-corrected chi connectivity index (χ2v) is 6.48. The van der Waals surface area contributed by atoms with Crippen LogP contribution in [0.3, 0.4) is 0 Å². The first-order valence-corrected chi connectivity index (χ1v) is 9.17. The summed E-state index contributed by atoms with van der Waals surface area (Å²) < 4.78 is 15.6. The van der Waals surface area contributed by atoms with Crippen molar-refractivity contribution < 1.29 is 23.5 Å². The minimum absolute atomic E-state index is 0.0682. The lowest BCUT2D eigenvalue weighted by Gasteiger charge is -2.34. The molecule has 3 rings (SSSR count). The molecule has 2 aromatic rings. The summed E-state index contributed by atoms with van der Waals surface area (Å²) in [6.07, 6.45) is 1.88. The second kappa shape index (κ2) is 9.27. The molecule has 0 bridgehead atoms. The average Bonchev–Trinajstić information content (AvgIpc) is 3.27. The van der Waals surface area contributed by atoms with Crippen LogP contribution in [0, 0.1) is 0 Å². The number of hydrogen-bond acceptors (Lipinski definition) is 6. The first-order valence-electron chi connectivity index (χ1n) is 9.17. The molecule has 8 nitrogen and oxygen atoms in total. The number of benzene rings is 1. The summed E-state index contributed by atoms with van der Waals surface area (Å²) in [5.74, 6) is 1.39. The van der Waals surface area contributed by atoms with Crippen LogP contribution in [0.25, 0.3) is 0 Å². The summed E-state index contributed by atoms with van der Waals surface area (Å²) in [6.45, 7) is 3.35. The molecule has 2 heterocycles. The number of rotatable bonds is 7. The highest BCUT2D eigenvalue weighted by molar-refractivity contribution is 5.92. The van der Waals surface area contributed by atoms with E-state index in [1.54, 1.807) is 49.5 Å². The predicted octanol–water partition coefficient (Wildman–Crippen LogP) is 2.08. The minimum atomic E-state index is -0.0872. The van der Waals surface area contributed by atoms with Gasteiger partial charge in [-0.3, -0.25) is 14.5 Å². The Morgan fingerprint density at radius 2 is 1.82 bits per heavy atom. The molecule has 1 aromatic carbocycles. The van der Waals surface area contributed by atoms with Gasteiger partial charge < -0.3 is 24.1 Å². The molecule has 28 heavy (non-hydrogen) atoms. The van der Waals surface area contributed by atoms with Gasteiger partial charge in [-0.1, -0.05) is 0 Å². The molecule has 1 aliphatic heterocycles. The largest absolute Gasteiger partial charge is 0.493 e. The number of carbonyl (C=O) groups excluding carboxylic acids is 2. The van der Waals surface area contributed by atoms with Crippen LogP contribution in [-0.2, 0) is 4.79 Å². The molecule has 1 fully saturated rings. The fourth-order valence-electron chi connectivity index (χ4n) is 3.13. The standard InChI is InChI=1S/C20H25N3O5/c1-26-16-6-5-15(14-18(16)27-2)21-19(24)7-8-22-9-11-23(12-10-22)20(25)17-4-3-13-28-17/h3-6,13-14H,7-12H2,1-2H3,(H,21,24). The highest BCUT2D eigenvalue weighted by atomic mass is 16.5. The number of furan rings is 1. The molecule has 1 N–H and O–H groups in total. The van der Waals surface area contributed by atoms with Gasteiger partial charge in [0.05, 0.1) is 20.5 Å². The van der Waals surface area contributed by atoms with Gasteiger partial charge in [-0.25, -0.2) is 0 Å². The van der Waals surface area contributed by atoms with Gasteiger partial charge in [0.1, 0.15) is 0 Å². The van der Waals surface area contributed by atoms with E-state index in [0.29, 0.717) is 49.0 Å². The molecule has 1 aromatic heterocycles. The van der Waals surface area contributed by atoms with Gasteiger partial charge >= 0.3 is 0 Å². The van der Waals surface area contributed by atoms with Gasteiger partial charge in [0, 0.05) is 50.9 Å². The number of ether oxygens (including phenoxy) is 2. The van der Waals surface area contributed by atoms with E-state index < -0.39 is 0 Å². The summed E-state index contributed by atoms with van der Waals surface area (Å²) in [5.41, 5.74) is 0.663. The number of hydrogen-bond donors (Lipinski definition) is 1. The van der Waals surface area contributed by atoms with Crippen LogP contribution in [0.5, 0.6) is 11.5 Å². The summed E-state index contributed by atoms with van der Waals surface area (Å²) in [4.78, 5) is 28.5. The van der Waals surface area contributed by atoms with E-state index in [4.69, 9.17) is 13.9 Å². The van der Waals surface area contributed by atoms with Crippen LogP contribution in [0.2, 0.25) is 0 Å². The Morgan fingerprint density at radius 3 is 2.46 bits per heavy atom. The Bertz CT molecular complexity index is 798. The van der Waals surface area contributed by atoms with E-state index in [1.807, 2.05) is 0 Å². The van der Waals surface area contributed by atoms with E-state index in [1.165, 1.54) is 6.26 Å². The SMILES string of the molecule is COc1ccc(NC(=O)CCN2CCN(C(=O)c3ccco3)CC2)cc1OC. The Labute approximate surface area is 164 Å². The van der Waals surface area contributed by atoms with Crippen LogP contribution >= 0.6 is 0 Å². The lowest BCUT2D eigenvalue weighted by molar-refractivity contribution is -0.116. The van der Waals surface area contributed by atoms with Crippen molar-refractivity contribution in [3.05, 3.63) is 42.4 Å². The number of nitrogens with one attached hydrogen (secondary N) is 1. The zero-order chi connectivity index (χ0) is 19.9. The molecule has 1 saturated heterocycles. The molecule has 0 radical (unpaired) electrons. The maximum atomic E-state index is 12.3. The summed E-state index contributed by atoms with van der Waals surface area (Å²) in [6, 6.07) is 8.64. The average molecular weight is 387 g/mol. The van der Waals surface area contributed by atoms with E-state index in [9.17, 15) is 9.59 Å². The number of anilines is 1. The molecule has 0 saturated carbocycles. The molecular formula is C20H25N3O5. The second-order valence-electron chi connectivity index (χ2n) is 6.48. The molecular weight excluding hydrogens is 362 g/mol. The quantitative estimate of drug-likeness (QED) is 0.783. The molecule has 2 amide bonds. The minimum Gasteiger partial charge on any atom is -0.493 e. The number of carbonyl (C=O) groups is 2. The van der Waals surface area contributed by atoms with Gasteiger partial charge in [-0.05, 0) is 24.3 Å². The van der Waals surface area contributed by atoms with Crippen molar-refractivity contribution in [3.8, 4) is 11.5 Å². The number of amides is 2. The summed E-state index contributed by atoms with van der Waals surface area (Å²) in [5, 5.41) is 2.87. The number of piperazine rings is 1. The molecule has 0 aliphatic carbocycles. The zero-order valence-corrected chi connectivity index (χ0v) is 16.1. The third-order valence-corrected chi connectivity index (χ3v) is 4.71. The molecule has 0 atom stereocenters. The van der Waals surface area contributed by atoms with Gasteiger partial charge in [-0.2, -0.15) is 0 Å². The van der Waals surface area contributed by atoms with E-state index >= 15 is 0 Å². The molecule has 8 heteroatoms. The van der Waals surface area contributed by atoms with Crippen LogP contribution in [0.15, 0.2) is 41.0 Å². The van der Waals surface area contributed by atoms with Crippen molar-refractivity contribution in [3.63, 3.8) is 0 Å². The fourth-order valence-corrected chi connectivity index (χ4v) is 3.13. The fraction of sp³-hybridized carbons (Fsp3) is 0.400. The lowest BCUT2D eigenvalue weighted by Crippen LogP contribution is -2.49. The van der Waals surface area contributed by atoms with Crippen LogP contribution in [-0.4, -0.2) is 68.6 Å². The molecule has 0 unspecified atom stereocenters. The third kappa shape index (κ3) is 4.83. The maximum Gasteiger partial charge on any atom is 0.289 e. The topological polar surface area (TPSA) is 84.3 Å². The first-order chi connectivity index (χ1) is 13.6. The monoisotopic (exact) mass is 387 g/mol. The van der Waals surface area contributed by atoms with Gasteiger partial charge in [0.15, 0.2) is 17.3 Å². The van der Waals surface area contributed by atoms with Crippen molar-refractivity contribution in [2.45, 2.75) is 6.42 Å². The van der Waals surface area contributed by atoms with E-state index in [0.717, 1.165) is 13.1 Å². The molecule has 0 spiro atoms. The lowest BCUT2D eigenvalue weighted by atomic mass is 10.2. The van der Waals surface area contributed by atoms with E-state index in [2.05, 4.69) is 10.2 Å². The smallest absolute Gasteiger partial charge is 0.289 e. The third-order valence-electron chi connectivity index (χ3n) is 4.71. The Morgan fingerprint density at radius 1 is 1.07 bits per heavy atom. The Kier molecular flexibility index (Phi) is 6.54. The van der Waals surface area contributed by atoms with Crippen molar-refractivity contribution in [1.29, 1.82) is 0 Å². The van der Waals surface area contributed by atoms with Crippen LogP contribution in [0.4, 0.5) is 5.69 Å². The normalized spacial score (nSPS) is 14.6. The van der Waals surface area contributed by atoms with Crippen molar-refractivity contribution >= 4 is 17.5 Å².